The minimum Gasteiger partial charge on any atom is -0.494 e. The van der Waals surface area contributed by atoms with Gasteiger partial charge in [-0.05, 0) is 67.3 Å². The Labute approximate surface area is 295 Å². The molecular weight excluding hydrogens is 655 g/mol. The summed E-state index contributed by atoms with van der Waals surface area (Å²) in [4.78, 5) is 30.3. The first-order chi connectivity index (χ1) is 24.2. The Hall–Kier alpha value is -5.03. The molecule has 4 aromatic carbocycles. The van der Waals surface area contributed by atoms with Gasteiger partial charge in [0.25, 0.3) is 10.0 Å². The van der Waals surface area contributed by atoms with Crippen LogP contribution in [0.25, 0.3) is 0 Å². The molecule has 11 heteroatoms. The van der Waals surface area contributed by atoms with Crippen LogP contribution in [0.4, 0.5) is 5.69 Å². The Morgan fingerprint density at radius 1 is 0.820 bits per heavy atom. The van der Waals surface area contributed by atoms with E-state index < -0.39 is 28.5 Å². The van der Waals surface area contributed by atoms with E-state index >= 15 is 0 Å². The predicted molar refractivity (Wildman–Crippen MR) is 193 cm³/mol. The lowest BCUT2D eigenvalue weighted by Crippen LogP contribution is -2.54. The van der Waals surface area contributed by atoms with E-state index in [4.69, 9.17) is 14.2 Å². The van der Waals surface area contributed by atoms with Crippen LogP contribution < -0.4 is 23.8 Å². The maximum absolute atomic E-state index is 14.7. The van der Waals surface area contributed by atoms with Crippen LogP contribution in [0.3, 0.4) is 0 Å². The summed E-state index contributed by atoms with van der Waals surface area (Å²) in [6.45, 7) is 1.82. The highest BCUT2D eigenvalue weighted by molar-refractivity contribution is 7.92. The van der Waals surface area contributed by atoms with Crippen LogP contribution in [0.15, 0.2) is 108 Å². The molecule has 0 unspecified atom stereocenters. The van der Waals surface area contributed by atoms with Crippen molar-refractivity contribution in [1.82, 2.24) is 10.2 Å². The van der Waals surface area contributed by atoms with Crippen molar-refractivity contribution in [3.8, 4) is 17.2 Å². The topological polar surface area (TPSA) is 114 Å². The van der Waals surface area contributed by atoms with Crippen LogP contribution >= 0.6 is 0 Å². The molecule has 1 N–H and O–H groups in total. The van der Waals surface area contributed by atoms with Gasteiger partial charge in [-0.2, -0.15) is 0 Å². The summed E-state index contributed by atoms with van der Waals surface area (Å²) in [7, 11) is -1.46. The number of sulfonamides is 1. The van der Waals surface area contributed by atoms with Crippen molar-refractivity contribution in [2.45, 2.75) is 62.6 Å². The molecule has 0 saturated heterocycles. The Morgan fingerprint density at radius 2 is 1.44 bits per heavy atom. The average Bonchev–Trinajstić information content (AvgIpc) is 3.66. The maximum atomic E-state index is 14.7. The molecule has 0 aliphatic heterocycles. The van der Waals surface area contributed by atoms with Gasteiger partial charge in [-0.1, -0.05) is 73.5 Å². The fourth-order valence-electron chi connectivity index (χ4n) is 6.21. The first kappa shape index (κ1) is 36.3. The molecule has 1 atom stereocenters. The molecule has 4 aromatic rings. The zero-order valence-electron chi connectivity index (χ0n) is 28.8. The summed E-state index contributed by atoms with van der Waals surface area (Å²) in [6.07, 6.45) is 4.08. The summed E-state index contributed by atoms with van der Waals surface area (Å²) in [5.41, 5.74) is 1.94. The van der Waals surface area contributed by atoms with Crippen molar-refractivity contribution in [2.24, 2.45) is 0 Å². The highest BCUT2D eigenvalue weighted by Crippen LogP contribution is 2.33. The van der Waals surface area contributed by atoms with E-state index in [1.54, 1.807) is 24.3 Å². The number of rotatable bonds is 16. The van der Waals surface area contributed by atoms with Crippen LogP contribution in [0, 0.1) is 0 Å². The molecule has 0 bridgehead atoms. The molecular formula is C39H45N3O7S. The molecule has 0 radical (unpaired) electrons. The molecule has 2 amide bonds. The highest BCUT2D eigenvalue weighted by atomic mass is 32.2. The number of anilines is 1. The summed E-state index contributed by atoms with van der Waals surface area (Å²) in [5.74, 6) is 0.350. The zero-order chi connectivity index (χ0) is 35.5. The maximum Gasteiger partial charge on any atom is 0.264 e. The van der Waals surface area contributed by atoms with Crippen molar-refractivity contribution in [3.05, 3.63) is 114 Å². The summed E-state index contributed by atoms with van der Waals surface area (Å²) in [6, 6.07) is 28.9. The average molecular weight is 700 g/mol. The van der Waals surface area contributed by atoms with E-state index in [9.17, 15) is 18.0 Å². The Morgan fingerprint density at radius 3 is 2.04 bits per heavy atom. The fourth-order valence-corrected chi connectivity index (χ4v) is 7.64. The molecule has 264 valence electrons. The summed E-state index contributed by atoms with van der Waals surface area (Å²) < 4.78 is 46.4. The van der Waals surface area contributed by atoms with Crippen molar-refractivity contribution in [1.29, 1.82) is 0 Å². The molecule has 50 heavy (non-hydrogen) atoms. The van der Waals surface area contributed by atoms with E-state index in [2.05, 4.69) is 5.32 Å². The first-order valence-electron chi connectivity index (χ1n) is 16.9. The van der Waals surface area contributed by atoms with Gasteiger partial charge < -0.3 is 24.4 Å². The second-order valence-corrected chi connectivity index (χ2v) is 14.0. The molecule has 1 fully saturated rings. The smallest absolute Gasteiger partial charge is 0.264 e. The van der Waals surface area contributed by atoms with Gasteiger partial charge in [-0.15, -0.1) is 0 Å². The Bertz CT molecular complexity index is 1810. The monoisotopic (exact) mass is 699 g/mol. The number of carbonyl (C=O) groups is 2. The molecule has 1 aliphatic carbocycles. The lowest BCUT2D eigenvalue weighted by Gasteiger charge is -2.34. The number of ether oxygens (including phenoxy) is 3. The molecule has 0 heterocycles. The van der Waals surface area contributed by atoms with Crippen molar-refractivity contribution in [2.75, 3.05) is 31.7 Å². The van der Waals surface area contributed by atoms with Crippen LogP contribution in [0.5, 0.6) is 17.2 Å². The third kappa shape index (κ3) is 8.95. The first-order valence-corrected chi connectivity index (χ1v) is 18.3. The van der Waals surface area contributed by atoms with Gasteiger partial charge in [0.05, 0.1) is 31.4 Å². The number of hydrogen-bond donors (Lipinski definition) is 1. The quantitative estimate of drug-likeness (QED) is 0.153. The lowest BCUT2D eigenvalue weighted by atomic mass is 10.0. The van der Waals surface area contributed by atoms with E-state index in [1.165, 1.54) is 37.3 Å². The van der Waals surface area contributed by atoms with Gasteiger partial charge in [0.15, 0.2) is 11.5 Å². The van der Waals surface area contributed by atoms with Gasteiger partial charge in [0.2, 0.25) is 11.8 Å². The Balaban J connectivity index is 1.57. The number of methoxy groups -OCH3 is 2. The second-order valence-electron chi connectivity index (χ2n) is 12.2. The van der Waals surface area contributed by atoms with Gasteiger partial charge in [-0.25, -0.2) is 8.42 Å². The zero-order valence-corrected chi connectivity index (χ0v) is 29.6. The number of nitrogens with one attached hydrogen (secondary N) is 1. The van der Waals surface area contributed by atoms with Crippen LogP contribution in [-0.2, 0) is 32.6 Å². The fraction of sp³-hybridized carbons (Fsp3) is 0.333. The minimum absolute atomic E-state index is 0.0280. The summed E-state index contributed by atoms with van der Waals surface area (Å²) in [5, 5.41) is 3.20. The second kappa shape index (κ2) is 17.1. The number of nitrogens with zero attached hydrogens (tertiary/aromatic N) is 2. The van der Waals surface area contributed by atoms with E-state index in [0.717, 1.165) is 41.1 Å². The van der Waals surface area contributed by atoms with Gasteiger partial charge >= 0.3 is 0 Å². The van der Waals surface area contributed by atoms with Gasteiger partial charge in [0.1, 0.15) is 18.3 Å². The molecule has 10 nitrogen and oxygen atoms in total. The molecule has 0 aromatic heterocycles. The molecule has 1 saturated carbocycles. The van der Waals surface area contributed by atoms with E-state index in [1.807, 2.05) is 67.6 Å². The normalized spacial score (nSPS) is 13.7. The van der Waals surface area contributed by atoms with Crippen molar-refractivity contribution < 1.29 is 32.2 Å². The predicted octanol–water partition coefficient (Wildman–Crippen LogP) is 6.00. The number of carbonyl (C=O) groups excluding carboxylic acids is 2. The van der Waals surface area contributed by atoms with E-state index in [0.29, 0.717) is 18.1 Å². The Kier molecular flexibility index (Phi) is 12.4. The van der Waals surface area contributed by atoms with Crippen molar-refractivity contribution >= 4 is 27.5 Å². The largest absolute Gasteiger partial charge is 0.494 e. The SMILES string of the molecule is CCOc1ccc(N(CC(=O)N(Cc2ccccc2)[C@@H](Cc2ccccc2)C(=O)NC2CCCC2)S(=O)(=O)c2ccc(OC)c(OC)c2)cc1. The van der Waals surface area contributed by atoms with E-state index in [-0.39, 0.29) is 41.2 Å². The van der Waals surface area contributed by atoms with Crippen LogP contribution in [-0.4, -0.2) is 64.6 Å². The van der Waals surface area contributed by atoms with Crippen LogP contribution in [0.1, 0.15) is 43.7 Å². The minimum atomic E-state index is -4.35. The van der Waals surface area contributed by atoms with Crippen molar-refractivity contribution in [3.63, 3.8) is 0 Å². The highest BCUT2D eigenvalue weighted by Gasteiger charge is 2.36. The molecule has 1 aliphatic rings. The molecule has 0 spiro atoms. The number of amides is 2. The number of hydrogen-bond acceptors (Lipinski definition) is 7. The third-order valence-corrected chi connectivity index (χ3v) is 10.6. The standard InChI is InChI=1S/C39H45N3O7S/c1-4-49-33-21-19-32(20-22-33)42(50(45,46)34-23-24-36(47-2)37(26-34)48-3)28-38(43)41(27-30-15-9-6-10-16-30)35(25-29-13-7-5-8-14-29)39(44)40-31-17-11-12-18-31/h5-10,13-16,19-24,26,31,35H,4,11-12,17-18,25,27-28H2,1-3H3,(H,40,44)/t35-/m0/s1. The third-order valence-electron chi connectivity index (χ3n) is 8.83. The lowest BCUT2D eigenvalue weighted by molar-refractivity contribution is -0.140. The summed E-state index contributed by atoms with van der Waals surface area (Å²) >= 11 is 0. The van der Waals surface area contributed by atoms with Gasteiger partial charge in [0, 0.05) is 25.1 Å². The van der Waals surface area contributed by atoms with Gasteiger partial charge in [-0.3, -0.25) is 13.9 Å². The molecule has 5 rings (SSSR count). The van der Waals surface area contributed by atoms with Crippen LogP contribution in [0.2, 0.25) is 0 Å². The number of benzene rings is 4.